The van der Waals surface area contributed by atoms with Gasteiger partial charge in [-0.25, -0.2) is 9.59 Å². The molecule has 0 aliphatic carbocycles. The highest BCUT2D eigenvalue weighted by molar-refractivity contribution is 5.86. The number of carbonyl (C=O) groups is 3. The van der Waals surface area contributed by atoms with Crippen molar-refractivity contribution in [3.05, 3.63) is 71.3 Å². The first-order valence-electron chi connectivity index (χ1n) is 11.9. The van der Waals surface area contributed by atoms with Gasteiger partial charge in [0.1, 0.15) is 11.6 Å². The van der Waals surface area contributed by atoms with Crippen LogP contribution in [0.2, 0.25) is 0 Å². The smallest absolute Gasteiger partial charge is 0.408 e. The van der Waals surface area contributed by atoms with Crippen LogP contribution in [-0.2, 0) is 22.4 Å². The molecule has 0 bridgehead atoms. The maximum Gasteiger partial charge on any atom is 0.408 e. The van der Waals surface area contributed by atoms with E-state index in [4.69, 9.17) is 4.74 Å². The van der Waals surface area contributed by atoms with E-state index in [9.17, 15) is 24.8 Å². The molecule has 9 nitrogen and oxygen atoms in total. The van der Waals surface area contributed by atoms with Crippen LogP contribution in [0.25, 0.3) is 0 Å². The lowest BCUT2D eigenvalue weighted by atomic mass is 10.00. The number of carboxylic acid groups (broad SMARTS) is 1. The molecule has 3 amide bonds. The summed E-state index contributed by atoms with van der Waals surface area (Å²) >= 11 is 0. The molecule has 2 N–H and O–H groups in total. The van der Waals surface area contributed by atoms with Crippen LogP contribution in [0.4, 0.5) is 9.59 Å². The molecular weight excluding hydrogens is 460 g/mol. The average Bonchev–Trinajstić information content (AvgIpc) is 2.82. The van der Waals surface area contributed by atoms with Gasteiger partial charge >= 0.3 is 12.2 Å². The Bertz CT molecular complexity index is 1120. The molecule has 0 saturated carbocycles. The molecule has 190 valence electrons. The number of rotatable bonds is 6. The second-order valence-corrected chi connectivity index (χ2v) is 9.82. The van der Waals surface area contributed by atoms with Gasteiger partial charge in [-0.1, -0.05) is 42.5 Å². The lowest BCUT2D eigenvalue weighted by molar-refractivity contribution is -0.136. The van der Waals surface area contributed by atoms with Gasteiger partial charge in [-0.15, -0.1) is 0 Å². The van der Waals surface area contributed by atoms with Crippen molar-refractivity contribution >= 4 is 18.1 Å². The molecule has 1 aliphatic heterocycles. The summed E-state index contributed by atoms with van der Waals surface area (Å²) in [5.74, 6) is -0.327. The van der Waals surface area contributed by atoms with Gasteiger partial charge in [0.2, 0.25) is 5.91 Å². The van der Waals surface area contributed by atoms with Gasteiger partial charge in [-0.3, -0.25) is 4.79 Å². The highest BCUT2D eigenvalue weighted by Gasteiger charge is 2.36. The van der Waals surface area contributed by atoms with Gasteiger partial charge < -0.3 is 25.0 Å². The van der Waals surface area contributed by atoms with Crippen LogP contribution in [0.3, 0.4) is 0 Å². The highest BCUT2D eigenvalue weighted by atomic mass is 16.6. The number of nitrogens with zero attached hydrogens (tertiary/aromatic N) is 3. The van der Waals surface area contributed by atoms with E-state index in [1.807, 2.05) is 30.3 Å². The standard InChI is InChI=1S/C27H32N4O5/c1-27(2,3)36-25(33)29-23(16-20-10-7-11-21(14-20)17-28)24(32)30-12-13-31(26(34)35)22(18-30)15-19-8-5-4-6-9-19/h4-11,14,22-23H,12-13,15-16,18H2,1-3H3,(H,29,33)(H,34,35)/t22-,23?/m0/s1. The van der Waals surface area contributed by atoms with Crippen molar-refractivity contribution in [3.63, 3.8) is 0 Å². The number of ether oxygens (including phenoxy) is 1. The second-order valence-electron chi connectivity index (χ2n) is 9.82. The third kappa shape index (κ3) is 7.47. The number of hydrogen-bond donors (Lipinski definition) is 2. The average molecular weight is 493 g/mol. The van der Waals surface area contributed by atoms with Gasteiger partial charge in [-0.2, -0.15) is 5.26 Å². The fourth-order valence-electron chi connectivity index (χ4n) is 4.24. The van der Waals surface area contributed by atoms with Gasteiger partial charge in [0, 0.05) is 26.1 Å². The van der Waals surface area contributed by atoms with E-state index in [-0.39, 0.29) is 32.0 Å². The Morgan fingerprint density at radius 3 is 2.44 bits per heavy atom. The summed E-state index contributed by atoms with van der Waals surface area (Å²) in [5, 5.41) is 21.6. The lowest BCUT2D eigenvalue weighted by Gasteiger charge is -2.41. The van der Waals surface area contributed by atoms with Crippen LogP contribution in [0.1, 0.15) is 37.5 Å². The molecule has 2 atom stereocenters. The molecular formula is C27H32N4O5. The van der Waals surface area contributed by atoms with Crippen molar-refractivity contribution in [1.82, 2.24) is 15.1 Å². The maximum absolute atomic E-state index is 13.7. The van der Waals surface area contributed by atoms with Crippen molar-refractivity contribution in [1.29, 1.82) is 5.26 Å². The molecule has 3 rings (SSSR count). The van der Waals surface area contributed by atoms with Crippen molar-refractivity contribution in [3.8, 4) is 6.07 Å². The first kappa shape index (κ1) is 26.5. The maximum atomic E-state index is 13.7. The lowest BCUT2D eigenvalue weighted by Crippen LogP contribution is -2.60. The van der Waals surface area contributed by atoms with Gasteiger partial charge in [0.05, 0.1) is 17.7 Å². The monoisotopic (exact) mass is 492 g/mol. The van der Waals surface area contributed by atoms with Gasteiger partial charge in [-0.05, 0) is 50.5 Å². The van der Waals surface area contributed by atoms with E-state index < -0.39 is 29.9 Å². The topological polar surface area (TPSA) is 123 Å². The number of nitrogens with one attached hydrogen (secondary N) is 1. The molecule has 36 heavy (non-hydrogen) atoms. The molecule has 2 aromatic carbocycles. The minimum atomic E-state index is -1.03. The molecule has 0 radical (unpaired) electrons. The van der Waals surface area contributed by atoms with Crippen LogP contribution in [0.5, 0.6) is 0 Å². The molecule has 1 saturated heterocycles. The van der Waals surface area contributed by atoms with Crippen LogP contribution in [0.15, 0.2) is 54.6 Å². The first-order valence-corrected chi connectivity index (χ1v) is 11.9. The highest BCUT2D eigenvalue weighted by Crippen LogP contribution is 2.18. The van der Waals surface area contributed by atoms with Crippen molar-refractivity contribution < 1.29 is 24.2 Å². The minimum Gasteiger partial charge on any atom is -0.465 e. The number of alkyl carbamates (subject to hydrolysis) is 1. The fraction of sp³-hybridized carbons (Fsp3) is 0.407. The van der Waals surface area contributed by atoms with E-state index in [2.05, 4.69) is 11.4 Å². The zero-order valence-electron chi connectivity index (χ0n) is 20.8. The molecule has 9 heteroatoms. The molecule has 0 aromatic heterocycles. The summed E-state index contributed by atoms with van der Waals surface area (Å²) in [6.45, 7) is 5.78. The van der Waals surface area contributed by atoms with Crippen LogP contribution in [-0.4, -0.2) is 70.3 Å². The predicted molar refractivity (Wildman–Crippen MR) is 133 cm³/mol. The quantitative estimate of drug-likeness (QED) is 0.637. The first-order chi connectivity index (χ1) is 17.1. The largest absolute Gasteiger partial charge is 0.465 e. The number of benzene rings is 2. The molecule has 1 heterocycles. The normalized spacial score (nSPS) is 16.6. The number of amides is 3. The Balaban J connectivity index is 1.81. The van der Waals surface area contributed by atoms with Gasteiger partial charge in [0.15, 0.2) is 0 Å². The Hall–Kier alpha value is -4.06. The van der Waals surface area contributed by atoms with Crippen molar-refractivity contribution in [2.75, 3.05) is 19.6 Å². The molecule has 1 fully saturated rings. The summed E-state index contributed by atoms with van der Waals surface area (Å²) < 4.78 is 5.38. The molecule has 1 unspecified atom stereocenters. The van der Waals surface area contributed by atoms with E-state index in [0.29, 0.717) is 17.5 Å². The van der Waals surface area contributed by atoms with Crippen LogP contribution in [0, 0.1) is 11.3 Å². The zero-order valence-corrected chi connectivity index (χ0v) is 20.8. The van der Waals surface area contributed by atoms with E-state index in [0.717, 1.165) is 5.56 Å². The molecule has 2 aromatic rings. The van der Waals surface area contributed by atoms with Crippen molar-refractivity contribution in [2.45, 2.75) is 51.3 Å². The summed E-state index contributed by atoms with van der Waals surface area (Å²) in [7, 11) is 0. The third-order valence-electron chi connectivity index (χ3n) is 5.84. The Morgan fingerprint density at radius 2 is 1.81 bits per heavy atom. The number of hydrogen-bond acceptors (Lipinski definition) is 5. The van der Waals surface area contributed by atoms with Crippen LogP contribution >= 0.6 is 0 Å². The fourth-order valence-corrected chi connectivity index (χ4v) is 4.24. The van der Waals surface area contributed by atoms with Crippen LogP contribution < -0.4 is 5.32 Å². The summed E-state index contributed by atoms with van der Waals surface area (Å²) in [6.07, 6.45) is -1.12. The van der Waals surface area contributed by atoms with E-state index in [1.165, 1.54) is 4.90 Å². The summed E-state index contributed by atoms with van der Waals surface area (Å²) in [5.41, 5.74) is 1.40. The molecule has 0 spiro atoms. The molecule has 1 aliphatic rings. The second kappa shape index (κ2) is 11.6. The minimum absolute atomic E-state index is 0.163. The Kier molecular flexibility index (Phi) is 8.54. The zero-order chi connectivity index (χ0) is 26.3. The van der Waals surface area contributed by atoms with E-state index in [1.54, 1.807) is 49.9 Å². The van der Waals surface area contributed by atoms with Crippen molar-refractivity contribution in [2.24, 2.45) is 0 Å². The number of piperazine rings is 1. The Morgan fingerprint density at radius 1 is 1.11 bits per heavy atom. The SMILES string of the molecule is CC(C)(C)OC(=O)NC(Cc1cccc(C#N)c1)C(=O)N1CCN(C(=O)O)[C@@H](Cc2ccccc2)C1. The number of carbonyl (C=O) groups excluding carboxylic acids is 2. The Labute approximate surface area is 211 Å². The summed E-state index contributed by atoms with van der Waals surface area (Å²) in [4.78, 5) is 41.1. The summed E-state index contributed by atoms with van der Waals surface area (Å²) in [6, 6.07) is 17.1. The third-order valence-corrected chi connectivity index (χ3v) is 5.84. The van der Waals surface area contributed by atoms with E-state index >= 15 is 0 Å². The number of nitriles is 1. The predicted octanol–water partition coefficient (Wildman–Crippen LogP) is 3.43. The van der Waals surface area contributed by atoms with Gasteiger partial charge in [0.25, 0.3) is 0 Å².